The van der Waals surface area contributed by atoms with E-state index < -0.39 is 51.7 Å². The number of nitrogens with zero attached hydrogens (tertiary/aromatic N) is 1. The van der Waals surface area contributed by atoms with Crippen molar-refractivity contribution >= 4 is 40.8 Å². The smallest absolute Gasteiger partial charge is 0.326 e. The Hall–Kier alpha value is -3.57. The summed E-state index contributed by atoms with van der Waals surface area (Å²) in [4.78, 5) is 52.5. The third-order valence-corrected chi connectivity index (χ3v) is 5.78. The van der Waals surface area contributed by atoms with E-state index in [9.17, 15) is 32.3 Å². The lowest BCUT2D eigenvalue weighted by Crippen LogP contribution is -2.62. The lowest BCUT2D eigenvalue weighted by molar-refractivity contribution is -0.196. The van der Waals surface area contributed by atoms with Crippen LogP contribution in [-0.2, 0) is 16.9 Å². The summed E-state index contributed by atoms with van der Waals surface area (Å²) in [6, 6.07) is 11.6. The number of hydrogen-bond donors (Lipinski definition) is 3. The van der Waals surface area contributed by atoms with E-state index in [-0.39, 0.29) is 16.6 Å². The largest absolute Gasteiger partial charge is 0.425 e. The molecule has 2 aromatic carbocycles. The highest BCUT2D eigenvalue weighted by molar-refractivity contribution is 6.36. The van der Waals surface area contributed by atoms with Crippen molar-refractivity contribution in [1.29, 1.82) is 0 Å². The first-order chi connectivity index (χ1) is 16.0. The minimum atomic E-state index is -5.47. The number of halogens is 5. The second kappa shape index (κ2) is 8.33. The molecule has 3 aromatic rings. The van der Waals surface area contributed by atoms with Gasteiger partial charge in [0.2, 0.25) is 0 Å². The van der Waals surface area contributed by atoms with Crippen molar-refractivity contribution in [3.8, 4) is 0 Å². The molecule has 0 aliphatic carbocycles. The van der Waals surface area contributed by atoms with Crippen molar-refractivity contribution in [2.75, 3.05) is 5.32 Å². The molecule has 8 nitrogen and oxygen atoms in total. The molecule has 4 rings (SSSR count). The summed E-state index contributed by atoms with van der Waals surface area (Å²) in [5.74, 6) is -3.82. The Balaban J connectivity index is 1.90. The molecule has 2 heterocycles. The van der Waals surface area contributed by atoms with E-state index in [1.54, 1.807) is 40.6 Å². The van der Waals surface area contributed by atoms with Gasteiger partial charge in [-0.2, -0.15) is 13.2 Å². The molecule has 1 aliphatic rings. The van der Waals surface area contributed by atoms with Crippen LogP contribution in [0.4, 0.5) is 19.0 Å². The van der Waals surface area contributed by atoms with Gasteiger partial charge in [0.25, 0.3) is 22.9 Å². The number of fused-ring (bicyclic) bond motifs is 1. The molecule has 2 amide bonds. The van der Waals surface area contributed by atoms with E-state index in [0.717, 1.165) is 16.7 Å². The third kappa shape index (κ3) is 3.76. The summed E-state index contributed by atoms with van der Waals surface area (Å²) < 4.78 is 44.1. The van der Waals surface area contributed by atoms with Crippen LogP contribution in [0.25, 0.3) is 0 Å². The van der Waals surface area contributed by atoms with Crippen molar-refractivity contribution in [1.82, 2.24) is 14.9 Å². The summed E-state index contributed by atoms with van der Waals surface area (Å²) in [6.07, 6.45) is -5.47. The van der Waals surface area contributed by atoms with Crippen molar-refractivity contribution < 1.29 is 22.8 Å². The summed E-state index contributed by atoms with van der Waals surface area (Å²) >= 11 is 11.7. The Morgan fingerprint density at radius 2 is 1.74 bits per heavy atom. The first kappa shape index (κ1) is 23.6. The number of H-pyrrole nitrogens is 1. The maximum atomic E-state index is 14.5. The molecule has 1 aliphatic heterocycles. The van der Waals surface area contributed by atoms with Gasteiger partial charge in [0.15, 0.2) is 0 Å². The van der Waals surface area contributed by atoms with Crippen LogP contribution in [0.5, 0.6) is 0 Å². The number of aromatic amines is 1. The first-order valence-corrected chi connectivity index (χ1v) is 10.3. The highest BCUT2D eigenvalue weighted by Crippen LogP contribution is 2.45. The molecule has 0 bridgehead atoms. The number of anilines is 1. The van der Waals surface area contributed by atoms with Gasteiger partial charge in [0, 0.05) is 5.02 Å². The minimum Gasteiger partial charge on any atom is -0.326 e. The fraction of sp³-hybridized carbons (Fsp3) is 0.143. The minimum absolute atomic E-state index is 0.123. The van der Waals surface area contributed by atoms with Crippen LogP contribution >= 0.6 is 23.2 Å². The maximum absolute atomic E-state index is 14.5. The van der Waals surface area contributed by atoms with Crippen LogP contribution in [0.1, 0.15) is 21.5 Å². The van der Waals surface area contributed by atoms with Crippen LogP contribution < -0.4 is 21.9 Å². The van der Waals surface area contributed by atoms with Crippen LogP contribution in [0.3, 0.4) is 0 Å². The van der Waals surface area contributed by atoms with Gasteiger partial charge in [0.05, 0.1) is 17.1 Å². The molecule has 0 saturated heterocycles. The van der Waals surface area contributed by atoms with Crippen molar-refractivity contribution in [2.45, 2.75) is 18.3 Å². The molecular formula is C21H13Cl2F3N4O4. The first-order valence-electron chi connectivity index (χ1n) is 9.53. The van der Waals surface area contributed by atoms with Crippen LogP contribution in [0.15, 0.2) is 58.1 Å². The lowest BCUT2D eigenvalue weighted by atomic mass is 9.91. The Labute approximate surface area is 198 Å². The van der Waals surface area contributed by atoms with Crippen molar-refractivity contribution in [3.63, 3.8) is 0 Å². The van der Waals surface area contributed by atoms with Gasteiger partial charge in [-0.3, -0.25) is 23.9 Å². The van der Waals surface area contributed by atoms with Gasteiger partial charge in [-0.05, 0) is 23.8 Å². The number of nitrogens with one attached hydrogen (secondary N) is 3. The van der Waals surface area contributed by atoms with E-state index in [2.05, 4.69) is 0 Å². The van der Waals surface area contributed by atoms with Gasteiger partial charge in [-0.1, -0.05) is 53.5 Å². The zero-order valence-electron chi connectivity index (χ0n) is 16.8. The number of benzene rings is 2. The number of aromatic nitrogens is 2. The molecule has 0 unspecified atom stereocenters. The van der Waals surface area contributed by atoms with E-state index in [4.69, 9.17) is 23.2 Å². The van der Waals surface area contributed by atoms with Crippen molar-refractivity contribution in [3.05, 3.63) is 96.1 Å². The average Bonchev–Trinajstić information content (AvgIpc) is 3.05. The zero-order chi connectivity index (χ0) is 24.8. The molecule has 1 atom stereocenters. The monoisotopic (exact) mass is 512 g/mol. The topological polar surface area (TPSA) is 113 Å². The number of rotatable bonds is 4. The Kier molecular flexibility index (Phi) is 5.78. The van der Waals surface area contributed by atoms with Gasteiger partial charge < -0.3 is 10.6 Å². The number of amides is 2. The molecule has 0 spiro atoms. The summed E-state index contributed by atoms with van der Waals surface area (Å²) in [5.41, 5.74) is -7.39. The van der Waals surface area contributed by atoms with Gasteiger partial charge in [-0.25, -0.2) is 4.79 Å². The standard InChI is InChI=1S/C21H13Cl2F3N4O4/c22-11-6-7-12(13(23)8-11)16(31)29-20(21(24,25)26)14-15(27-18(20)33)30(19(34)28-17(14)32)9-10-4-2-1-3-5-10/h1-8H,9H2,(H,27,33)(H,29,31)(H,28,32,34)/t20-/m1/s1. The Bertz CT molecular complexity index is 1440. The third-order valence-electron chi connectivity index (χ3n) is 5.23. The number of alkyl halides is 3. The molecule has 13 heteroatoms. The fourth-order valence-electron chi connectivity index (χ4n) is 3.65. The van der Waals surface area contributed by atoms with Crippen LogP contribution in [0.2, 0.25) is 10.0 Å². The van der Waals surface area contributed by atoms with Crippen LogP contribution in [-0.4, -0.2) is 27.5 Å². The molecule has 0 saturated carbocycles. The molecule has 3 N–H and O–H groups in total. The molecule has 0 fully saturated rings. The van der Waals surface area contributed by atoms with E-state index >= 15 is 0 Å². The highest BCUT2D eigenvalue weighted by Gasteiger charge is 2.68. The van der Waals surface area contributed by atoms with Gasteiger partial charge >= 0.3 is 11.9 Å². The number of hydrogen-bond acceptors (Lipinski definition) is 4. The summed E-state index contributed by atoms with van der Waals surface area (Å²) in [6.45, 7) is -0.260. The average molecular weight is 513 g/mol. The SMILES string of the molecule is O=C(N[C@@]1(C(F)(F)F)C(=O)Nc2c1c(=O)[nH]c(=O)n2Cc1ccccc1)c1ccc(Cl)cc1Cl. The summed E-state index contributed by atoms with van der Waals surface area (Å²) in [5, 5.41) is 3.44. The van der Waals surface area contributed by atoms with E-state index in [1.165, 1.54) is 6.07 Å². The second-order valence-corrected chi connectivity index (χ2v) is 8.18. The van der Waals surface area contributed by atoms with Crippen LogP contribution in [0, 0.1) is 0 Å². The Morgan fingerprint density at radius 1 is 1.06 bits per heavy atom. The normalized spacial score (nSPS) is 17.3. The molecule has 176 valence electrons. The van der Waals surface area contributed by atoms with Gasteiger partial charge in [0.1, 0.15) is 11.4 Å². The maximum Gasteiger partial charge on any atom is 0.425 e. The molecule has 1 aromatic heterocycles. The molecule has 0 radical (unpaired) electrons. The Morgan fingerprint density at radius 3 is 2.35 bits per heavy atom. The lowest BCUT2D eigenvalue weighted by Gasteiger charge is -2.30. The van der Waals surface area contributed by atoms with Crippen molar-refractivity contribution in [2.24, 2.45) is 0 Å². The molecule has 34 heavy (non-hydrogen) atoms. The second-order valence-electron chi connectivity index (χ2n) is 7.33. The predicted molar refractivity (Wildman–Crippen MR) is 117 cm³/mol. The number of carbonyl (C=O) groups is 2. The molecular weight excluding hydrogens is 500 g/mol. The van der Waals surface area contributed by atoms with Gasteiger partial charge in [-0.15, -0.1) is 0 Å². The number of carbonyl (C=O) groups excluding carboxylic acids is 2. The van der Waals surface area contributed by atoms with E-state index in [1.807, 2.05) is 5.32 Å². The quantitative estimate of drug-likeness (QED) is 0.498. The predicted octanol–water partition coefficient (Wildman–Crippen LogP) is 3.03. The summed E-state index contributed by atoms with van der Waals surface area (Å²) in [7, 11) is 0. The zero-order valence-corrected chi connectivity index (χ0v) is 18.3. The highest BCUT2D eigenvalue weighted by atomic mass is 35.5. The van der Waals surface area contributed by atoms with E-state index in [0.29, 0.717) is 5.56 Å². The fourth-order valence-corrected chi connectivity index (χ4v) is 4.15.